The number of hydrogen-bond donors (Lipinski definition) is 9. The van der Waals surface area contributed by atoms with Gasteiger partial charge >= 0.3 is 36.2 Å². The Kier molecular flexibility index (Phi) is 25.1. The van der Waals surface area contributed by atoms with Crippen molar-refractivity contribution < 1.29 is 72.3 Å². The molecule has 0 radical (unpaired) electrons. The van der Waals surface area contributed by atoms with Crippen LogP contribution in [0.2, 0.25) is 0 Å². The summed E-state index contributed by atoms with van der Waals surface area (Å²) in [6.45, 7) is 11.4. The summed E-state index contributed by atoms with van der Waals surface area (Å²) in [5.74, 6) is -3.67. The first kappa shape index (κ1) is 56.4. The van der Waals surface area contributed by atoms with Gasteiger partial charge in [0.05, 0.1) is 26.4 Å². The van der Waals surface area contributed by atoms with E-state index >= 15 is 0 Å². The van der Waals surface area contributed by atoms with E-state index in [1.54, 1.807) is 41.5 Å². The highest BCUT2D eigenvalue weighted by Crippen LogP contribution is 2.17. The zero-order valence-corrected chi connectivity index (χ0v) is 39.1. The van der Waals surface area contributed by atoms with Gasteiger partial charge in [-0.2, -0.15) is 0 Å². The molecule has 0 saturated heterocycles. The van der Waals surface area contributed by atoms with E-state index in [2.05, 4.69) is 37.2 Å². The smallest absolute Gasteiger partial charge is 0.408 e. The molecule has 0 aliphatic carbocycles. The van der Waals surface area contributed by atoms with Gasteiger partial charge in [0.25, 0.3) is 11.8 Å². The van der Waals surface area contributed by atoms with Crippen molar-refractivity contribution >= 4 is 53.8 Å². The molecule has 0 heterocycles. The molecule has 2 aromatic rings. The maximum atomic E-state index is 13.3. The lowest BCUT2D eigenvalue weighted by Gasteiger charge is -2.22. The van der Waals surface area contributed by atoms with E-state index in [-0.39, 0.29) is 88.9 Å². The van der Waals surface area contributed by atoms with E-state index in [0.717, 1.165) is 5.56 Å². The van der Waals surface area contributed by atoms with Crippen molar-refractivity contribution in [2.75, 3.05) is 57.9 Å². The second-order valence-corrected chi connectivity index (χ2v) is 17.0. The number of nitrogens with one attached hydrogen (secondary N) is 7. The Morgan fingerprint density at radius 3 is 1.46 bits per heavy atom. The fourth-order valence-corrected chi connectivity index (χ4v) is 5.66. The second kappa shape index (κ2) is 29.8. The number of carbonyl (C=O) groups is 8. The van der Waals surface area contributed by atoms with Crippen LogP contribution < -0.4 is 37.2 Å². The quantitative estimate of drug-likeness (QED) is 0.0418. The number of alkyl carbamates (subject to hydrolysis) is 3. The van der Waals surface area contributed by atoms with Gasteiger partial charge in [-0.1, -0.05) is 30.3 Å². The molecule has 0 spiro atoms. The number of hydrogen-bond acceptors (Lipinski definition) is 13. The Labute approximate surface area is 390 Å². The zero-order valence-electron chi connectivity index (χ0n) is 39.1. The lowest BCUT2D eigenvalue weighted by Crippen LogP contribution is -2.43. The number of carbonyl (C=O) groups excluding carboxylic acids is 6. The molecule has 0 aliphatic rings. The van der Waals surface area contributed by atoms with Crippen LogP contribution in [0.1, 0.15) is 106 Å². The highest BCUT2D eigenvalue weighted by molar-refractivity contribution is 6.02. The number of amides is 7. The molecule has 2 rings (SSSR count). The topological polar surface area (TPSA) is 307 Å². The van der Waals surface area contributed by atoms with Gasteiger partial charge in [-0.25, -0.2) is 28.8 Å². The van der Waals surface area contributed by atoms with Gasteiger partial charge in [0, 0.05) is 43.0 Å². The van der Waals surface area contributed by atoms with Crippen LogP contribution in [-0.2, 0) is 39.9 Å². The van der Waals surface area contributed by atoms with Gasteiger partial charge in [-0.15, -0.1) is 0 Å². The fourth-order valence-electron chi connectivity index (χ4n) is 5.66. The molecule has 1 unspecified atom stereocenters. The summed E-state index contributed by atoms with van der Waals surface area (Å²) in [6, 6.07) is 10.2. The SMILES string of the molecule is CC(C)(C)OC(=O)NC(CCCCNC(=O)c1cc(NC(=O)NCCOCCOCCNC(=O)OCc2ccccc2)cc(C(=O)NCCCC[C@H](NC(=O)OC(C)(C)C)C(=O)O)c1)C(=O)O. The van der Waals surface area contributed by atoms with Crippen molar-refractivity contribution in [3.05, 3.63) is 65.2 Å². The predicted molar refractivity (Wildman–Crippen MR) is 244 cm³/mol. The van der Waals surface area contributed by atoms with E-state index in [9.17, 15) is 48.6 Å². The maximum Gasteiger partial charge on any atom is 0.408 e. The van der Waals surface area contributed by atoms with Crippen molar-refractivity contribution in [2.45, 2.75) is 110 Å². The number of aliphatic carboxylic acids is 2. The molecule has 0 aliphatic heterocycles. The van der Waals surface area contributed by atoms with E-state index < -0.39 is 71.3 Å². The third-order valence-corrected chi connectivity index (χ3v) is 8.74. The monoisotopic (exact) mass is 945 g/mol. The summed E-state index contributed by atoms with van der Waals surface area (Å²) in [5, 5.41) is 37.0. The Hall–Kier alpha value is -6.68. The van der Waals surface area contributed by atoms with Crippen molar-refractivity contribution in [1.29, 1.82) is 0 Å². The molecular formula is C45H67N7O15. The van der Waals surface area contributed by atoms with Gasteiger partial charge in [-0.05, 0) is 104 Å². The molecular weight excluding hydrogens is 879 g/mol. The van der Waals surface area contributed by atoms with Crippen LogP contribution in [0.5, 0.6) is 0 Å². The van der Waals surface area contributed by atoms with Crippen molar-refractivity contribution in [3.63, 3.8) is 0 Å². The summed E-state index contributed by atoms with van der Waals surface area (Å²) < 4.78 is 26.3. The number of urea groups is 1. The summed E-state index contributed by atoms with van der Waals surface area (Å²) in [6.07, 6.45) is -0.870. The van der Waals surface area contributed by atoms with Gasteiger partial charge < -0.3 is 71.1 Å². The first-order chi connectivity index (χ1) is 31.6. The summed E-state index contributed by atoms with van der Waals surface area (Å²) in [5.41, 5.74) is -0.609. The van der Waals surface area contributed by atoms with Crippen LogP contribution in [0, 0.1) is 0 Å². The van der Waals surface area contributed by atoms with E-state index in [1.165, 1.54) is 18.2 Å². The average Bonchev–Trinajstić information content (AvgIpc) is 3.23. The first-order valence-corrected chi connectivity index (χ1v) is 21.9. The summed E-state index contributed by atoms with van der Waals surface area (Å²) >= 11 is 0. The van der Waals surface area contributed by atoms with Crippen molar-refractivity contribution in [3.8, 4) is 0 Å². The summed E-state index contributed by atoms with van der Waals surface area (Å²) in [4.78, 5) is 98.8. The van der Waals surface area contributed by atoms with Crippen molar-refractivity contribution in [1.82, 2.24) is 31.9 Å². The summed E-state index contributed by atoms with van der Waals surface area (Å²) in [7, 11) is 0. The minimum Gasteiger partial charge on any atom is -0.480 e. The third-order valence-electron chi connectivity index (χ3n) is 8.74. The lowest BCUT2D eigenvalue weighted by molar-refractivity contribution is -0.140. The molecule has 0 aromatic heterocycles. The maximum absolute atomic E-state index is 13.3. The number of carboxylic acid groups (broad SMARTS) is 2. The van der Waals surface area contributed by atoms with Gasteiger partial charge in [0.1, 0.15) is 29.9 Å². The van der Waals surface area contributed by atoms with Gasteiger partial charge in [0.2, 0.25) is 0 Å². The molecule has 2 aromatic carbocycles. The first-order valence-electron chi connectivity index (χ1n) is 21.9. The molecule has 372 valence electrons. The number of unbranched alkanes of at least 4 members (excludes halogenated alkanes) is 2. The van der Waals surface area contributed by atoms with Gasteiger partial charge in [-0.3, -0.25) is 9.59 Å². The highest BCUT2D eigenvalue weighted by atomic mass is 16.6. The fraction of sp³-hybridized carbons (Fsp3) is 0.556. The molecule has 22 nitrogen and oxygen atoms in total. The highest BCUT2D eigenvalue weighted by Gasteiger charge is 2.25. The molecule has 7 amide bonds. The number of rotatable bonds is 28. The van der Waals surface area contributed by atoms with E-state index in [0.29, 0.717) is 25.7 Å². The van der Waals surface area contributed by atoms with Crippen LogP contribution in [0.4, 0.5) is 24.9 Å². The van der Waals surface area contributed by atoms with Crippen LogP contribution in [0.15, 0.2) is 48.5 Å². The molecule has 0 fully saturated rings. The molecule has 9 N–H and O–H groups in total. The molecule has 0 bridgehead atoms. The zero-order chi connectivity index (χ0) is 49.8. The third kappa shape index (κ3) is 26.8. The number of anilines is 1. The van der Waals surface area contributed by atoms with Crippen LogP contribution in [-0.4, -0.2) is 134 Å². The average molecular weight is 946 g/mol. The van der Waals surface area contributed by atoms with E-state index in [4.69, 9.17) is 23.7 Å². The Morgan fingerprint density at radius 2 is 1.01 bits per heavy atom. The second-order valence-electron chi connectivity index (χ2n) is 17.0. The Bertz CT molecular complexity index is 1830. The largest absolute Gasteiger partial charge is 0.480 e. The van der Waals surface area contributed by atoms with Crippen LogP contribution in [0.3, 0.4) is 0 Å². The lowest BCUT2D eigenvalue weighted by atomic mass is 10.1. The van der Waals surface area contributed by atoms with Crippen LogP contribution in [0.25, 0.3) is 0 Å². The Balaban J connectivity index is 1.91. The predicted octanol–water partition coefficient (Wildman–Crippen LogP) is 4.52. The number of benzene rings is 2. The van der Waals surface area contributed by atoms with E-state index in [1.807, 2.05) is 30.3 Å². The number of carboxylic acids is 2. The van der Waals surface area contributed by atoms with Gasteiger partial charge in [0.15, 0.2) is 0 Å². The van der Waals surface area contributed by atoms with Crippen molar-refractivity contribution in [2.24, 2.45) is 0 Å². The molecule has 67 heavy (non-hydrogen) atoms. The minimum absolute atomic E-state index is 0.0260. The molecule has 2 atom stereocenters. The standard InChI is InChI=1S/C45H67N7O15/c1-44(2,3)66-42(61)51-34(38(55)56)16-10-12-18-46-36(53)31-26-32(37(54)47-19-13-11-17-35(39(57)58)52-43(62)67-45(4,5)6)28-33(27-31)50-40(59)48-20-22-63-24-25-64-23-21-49-41(60)65-29-30-14-8-7-9-15-30/h7-9,14-15,26-28,34-35H,10-13,16-25,29H2,1-6H3,(H,46,53)(H,47,54)(H,49,60)(H,51,61)(H,52,62)(H,55,56)(H,57,58)(H2,48,50,59)/t34-,35?/m0/s1. The molecule has 22 heteroatoms. The normalized spacial score (nSPS) is 12.0. The Morgan fingerprint density at radius 1 is 0.552 bits per heavy atom. The van der Waals surface area contributed by atoms with Crippen LogP contribution >= 0.6 is 0 Å². The molecule has 0 saturated carbocycles. The minimum atomic E-state index is -1.24. The number of ether oxygens (including phenoxy) is 5.